The van der Waals surface area contributed by atoms with Crippen molar-refractivity contribution in [2.24, 2.45) is 5.10 Å². The van der Waals surface area contributed by atoms with Gasteiger partial charge in [-0.25, -0.2) is 10.2 Å². The average molecular weight is 437 g/mol. The molecule has 0 bridgehead atoms. The first kappa shape index (κ1) is 20.2. The fourth-order valence-electron chi connectivity index (χ4n) is 2.06. The summed E-state index contributed by atoms with van der Waals surface area (Å²) in [6.45, 7) is -0.500. The number of nitrogens with one attached hydrogen (secondary N) is 1. The van der Waals surface area contributed by atoms with E-state index in [2.05, 4.69) is 26.5 Å². The number of carboxylic acid groups (broad SMARTS) is 1. The molecule has 2 rings (SSSR count). The maximum absolute atomic E-state index is 12.1. The van der Waals surface area contributed by atoms with Crippen molar-refractivity contribution in [1.82, 2.24) is 5.43 Å². The van der Waals surface area contributed by atoms with Crippen LogP contribution in [0.4, 0.5) is 0 Å². The normalized spacial score (nSPS) is 10.5. The van der Waals surface area contributed by atoms with Gasteiger partial charge in [0, 0.05) is 5.56 Å². The van der Waals surface area contributed by atoms with Crippen LogP contribution in [-0.2, 0) is 4.79 Å². The van der Waals surface area contributed by atoms with Crippen LogP contribution in [0.3, 0.4) is 0 Å². The van der Waals surface area contributed by atoms with E-state index in [-0.39, 0.29) is 11.7 Å². The lowest BCUT2D eigenvalue weighted by atomic mass is 10.2. The minimum atomic E-state index is -1.10. The molecule has 1 amide bonds. The third kappa shape index (κ3) is 5.71. The summed E-state index contributed by atoms with van der Waals surface area (Å²) in [5.41, 5.74) is 3.46. The largest absolute Gasteiger partial charge is 0.497 e. The number of aliphatic carboxylic acids is 1. The smallest absolute Gasteiger partial charge is 0.341 e. The van der Waals surface area contributed by atoms with Crippen LogP contribution in [0.15, 0.2) is 46.0 Å². The molecule has 2 aromatic carbocycles. The summed E-state index contributed by atoms with van der Waals surface area (Å²) in [7, 11) is 2.98. The van der Waals surface area contributed by atoms with Gasteiger partial charge in [0.05, 0.1) is 24.9 Å². The summed E-state index contributed by atoms with van der Waals surface area (Å²) in [4.78, 5) is 22.7. The molecule has 27 heavy (non-hydrogen) atoms. The van der Waals surface area contributed by atoms with E-state index in [0.29, 0.717) is 27.1 Å². The monoisotopic (exact) mass is 436 g/mol. The lowest BCUT2D eigenvalue weighted by molar-refractivity contribution is -0.139. The third-order valence-electron chi connectivity index (χ3n) is 3.32. The van der Waals surface area contributed by atoms with Crippen LogP contribution < -0.4 is 19.6 Å². The number of rotatable bonds is 8. The van der Waals surface area contributed by atoms with Crippen LogP contribution in [-0.4, -0.2) is 44.0 Å². The van der Waals surface area contributed by atoms with Crippen LogP contribution in [0.25, 0.3) is 0 Å². The number of carboxylic acids is 1. The Bertz CT molecular complexity index is 852. The molecule has 2 aromatic rings. The number of carbonyl (C=O) groups excluding carboxylic acids is 1. The summed E-state index contributed by atoms with van der Waals surface area (Å²) in [6.07, 6.45) is 1.43. The molecule has 0 aliphatic carbocycles. The molecule has 0 saturated carbocycles. The molecule has 142 valence electrons. The van der Waals surface area contributed by atoms with Gasteiger partial charge in [-0.15, -0.1) is 0 Å². The molecule has 0 saturated heterocycles. The second-order valence-electron chi connectivity index (χ2n) is 5.14. The van der Waals surface area contributed by atoms with E-state index in [1.807, 2.05) is 0 Å². The first-order chi connectivity index (χ1) is 12.9. The predicted octanol–water partition coefficient (Wildman–Crippen LogP) is 2.69. The maximum atomic E-state index is 12.1. The number of hydrazone groups is 1. The molecule has 0 aromatic heterocycles. The second kappa shape index (κ2) is 9.58. The Morgan fingerprint density at radius 2 is 1.89 bits per heavy atom. The standard InChI is InChI=1S/C18H17BrN2O6/c1-25-13-5-3-12(4-6-13)18(24)21-20-9-11-7-14(19)17(15(8-11)26-2)27-10-16(22)23/h3-9H,10H2,1-2H3,(H,21,24)(H,22,23)/b20-9-. The molecular formula is C18H17BrN2O6. The number of hydrogen-bond donors (Lipinski definition) is 2. The van der Waals surface area contributed by atoms with Crippen LogP contribution in [0.1, 0.15) is 15.9 Å². The fourth-order valence-corrected chi connectivity index (χ4v) is 2.63. The average Bonchev–Trinajstić information content (AvgIpc) is 2.66. The number of methoxy groups -OCH3 is 2. The minimum absolute atomic E-state index is 0.263. The Morgan fingerprint density at radius 1 is 1.19 bits per heavy atom. The van der Waals surface area contributed by atoms with E-state index >= 15 is 0 Å². The van der Waals surface area contributed by atoms with Gasteiger partial charge in [-0.1, -0.05) is 0 Å². The summed E-state index contributed by atoms with van der Waals surface area (Å²) >= 11 is 3.30. The van der Waals surface area contributed by atoms with Gasteiger partial charge in [0.15, 0.2) is 18.1 Å². The van der Waals surface area contributed by atoms with Crippen LogP contribution >= 0.6 is 15.9 Å². The number of hydrogen-bond acceptors (Lipinski definition) is 6. The molecule has 0 aliphatic rings. The van der Waals surface area contributed by atoms with Gasteiger partial charge in [-0.2, -0.15) is 5.10 Å². The molecule has 0 aliphatic heterocycles. The molecule has 0 spiro atoms. The van der Waals surface area contributed by atoms with Gasteiger partial charge in [-0.05, 0) is 57.9 Å². The molecule has 0 unspecified atom stereocenters. The van der Waals surface area contributed by atoms with Crippen molar-refractivity contribution in [3.05, 3.63) is 52.0 Å². The quantitative estimate of drug-likeness (QED) is 0.486. The highest BCUT2D eigenvalue weighted by molar-refractivity contribution is 9.10. The Kier molecular flexibility index (Phi) is 7.18. The zero-order valence-electron chi connectivity index (χ0n) is 14.6. The number of ether oxygens (including phenoxy) is 3. The molecule has 8 nitrogen and oxygen atoms in total. The van der Waals surface area contributed by atoms with Crippen molar-refractivity contribution in [2.75, 3.05) is 20.8 Å². The first-order valence-electron chi connectivity index (χ1n) is 7.64. The summed E-state index contributed by atoms with van der Waals surface area (Å²) < 4.78 is 15.9. The molecule has 0 fully saturated rings. The van der Waals surface area contributed by atoms with Gasteiger partial charge >= 0.3 is 5.97 Å². The van der Waals surface area contributed by atoms with Gasteiger partial charge < -0.3 is 19.3 Å². The first-order valence-corrected chi connectivity index (χ1v) is 8.43. The lowest BCUT2D eigenvalue weighted by Crippen LogP contribution is -2.17. The zero-order valence-corrected chi connectivity index (χ0v) is 16.1. The fraction of sp³-hybridized carbons (Fsp3) is 0.167. The maximum Gasteiger partial charge on any atom is 0.341 e. The summed E-state index contributed by atoms with van der Waals surface area (Å²) in [6, 6.07) is 9.86. The number of benzene rings is 2. The minimum Gasteiger partial charge on any atom is -0.497 e. The molecular weight excluding hydrogens is 420 g/mol. The predicted molar refractivity (Wildman–Crippen MR) is 102 cm³/mol. The highest BCUT2D eigenvalue weighted by Crippen LogP contribution is 2.36. The molecule has 2 N–H and O–H groups in total. The van der Waals surface area contributed by atoms with Crippen LogP contribution in [0.2, 0.25) is 0 Å². The van der Waals surface area contributed by atoms with Gasteiger partial charge in [0.25, 0.3) is 5.91 Å². The third-order valence-corrected chi connectivity index (χ3v) is 3.91. The zero-order chi connectivity index (χ0) is 19.8. The SMILES string of the molecule is COc1ccc(C(=O)N/N=C\c2cc(Br)c(OCC(=O)O)c(OC)c2)cc1. The molecule has 0 heterocycles. The highest BCUT2D eigenvalue weighted by Gasteiger charge is 2.13. The van der Waals surface area contributed by atoms with Crippen molar-refractivity contribution in [2.45, 2.75) is 0 Å². The van der Waals surface area contributed by atoms with E-state index in [9.17, 15) is 9.59 Å². The molecule has 0 atom stereocenters. The second-order valence-corrected chi connectivity index (χ2v) is 6.00. The Morgan fingerprint density at radius 3 is 2.48 bits per heavy atom. The van der Waals surface area contributed by atoms with E-state index < -0.39 is 12.6 Å². The number of amides is 1. The lowest BCUT2D eigenvalue weighted by Gasteiger charge is -2.12. The Hall–Kier alpha value is -3.07. The van der Waals surface area contributed by atoms with Crippen LogP contribution in [0, 0.1) is 0 Å². The molecule has 0 radical (unpaired) electrons. The Labute approximate surface area is 163 Å². The van der Waals surface area contributed by atoms with Crippen molar-refractivity contribution >= 4 is 34.0 Å². The van der Waals surface area contributed by atoms with Crippen molar-refractivity contribution < 1.29 is 28.9 Å². The van der Waals surface area contributed by atoms with Crippen molar-refractivity contribution in [1.29, 1.82) is 0 Å². The molecule has 9 heteroatoms. The number of carbonyl (C=O) groups is 2. The van der Waals surface area contributed by atoms with E-state index in [1.54, 1.807) is 43.5 Å². The number of halogens is 1. The van der Waals surface area contributed by atoms with Crippen molar-refractivity contribution in [3.63, 3.8) is 0 Å². The van der Waals surface area contributed by atoms with Gasteiger partial charge in [0.2, 0.25) is 0 Å². The van der Waals surface area contributed by atoms with Gasteiger partial charge in [-0.3, -0.25) is 4.79 Å². The van der Waals surface area contributed by atoms with Crippen molar-refractivity contribution in [3.8, 4) is 17.2 Å². The van der Waals surface area contributed by atoms with E-state index in [0.717, 1.165) is 0 Å². The van der Waals surface area contributed by atoms with Gasteiger partial charge in [0.1, 0.15) is 5.75 Å². The Balaban J connectivity index is 2.08. The highest BCUT2D eigenvalue weighted by atomic mass is 79.9. The topological polar surface area (TPSA) is 106 Å². The summed E-state index contributed by atoms with van der Waals surface area (Å²) in [5, 5.41) is 12.6. The number of nitrogens with zero attached hydrogens (tertiary/aromatic N) is 1. The van der Waals surface area contributed by atoms with E-state index in [4.69, 9.17) is 19.3 Å². The van der Waals surface area contributed by atoms with E-state index in [1.165, 1.54) is 13.3 Å². The summed E-state index contributed by atoms with van der Waals surface area (Å²) in [5.74, 6) is -0.234. The van der Waals surface area contributed by atoms with Crippen LogP contribution in [0.5, 0.6) is 17.2 Å².